The molecule has 2 rings (SSSR count). The minimum absolute atomic E-state index is 0.0576. The number of carbonyl (C=O) groups is 1. The van der Waals surface area contributed by atoms with E-state index < -0.39 is 10.0 Å². The monoisotopic (exact) mass is 348 g/mol. The number of nitrogens with zero attached hydrogens (tertiary/aromatic N) is 2. The first-order chi connectivity index (χ1) is 11.4. The first-order valence-electron chi connectivity index (χ1n) is 7.37. The number of hydrogen-bond donors (Lipinski definition) is 2. The molecule has 0 fully saturated rings. The van der Waals surface area contributed by atoms with Crippen LogP contribution in [0.2, 0.25) is 0 Å². The largest absolute Gasteiger partial charge is 0.399 e. The zero-order chi connectivity index (χ0) is 17.6. The summed E-state index contributed by atoms with van der Waals surface area (Å²) < 4.78 is 25.6. The van der Waals surface area contributed by atoms with E-state index >= 15 is 0 Å². The Balaban J connectivity index is 1.84. The second-order valence-corrected chi connectivity index (χ2v) is 7.34. The molecule has 0 spiro atoms. The van der Waals surface area contributed by atoms with Crippen molar-refractivity contribution in [2.75, 3.05) is 25.9 Å². The Bertz CT molecular complexity index is 777. The summed E-state index contributed by atoms with van der Waals surface area (Å²) in [6, 6.07) is 10.4. The second kappa shape index (κ2) is 7.89. The molecule has 0 atom stereocenters. The number of nitrogens with two attached hydrogens (primary N) is 1. The molecule has 24 heavy (non-hydrogen) atoms. The van der Waals surface area contributed by atoms with Crippen LogP contribution in [0.25, 0.3) is 0 Å². The highest BCUT2D eigenvalue weighted by Gasteiger charge is 2.22. The number of pyridine rings is 1. The van der Waals surface area contributed by atoms with Crippen LogP contribution in [0.5, 0.6) is 0 Å². The normalized spacial score (nSPS) is 11.4. The van der Waals surface area contributed by atoms with Crippen LogP contribution in [-0.4, -0.2) is 43.8 Å². The van der Waals surface area contributed by atoms with Gasteiger partial charge in [0.05, 0.1) is 6.54 Å². The Kier molecular flexibility index (Phi) is 5.88. The van der Waals surface area contributed by atoms with Gasteiger partial charge in [-0.1, -0.05) is 12.1 Å². The minimum atomic E-state index is -3.72. The van der Waals surface area contributed by atoms with Crippen molar-refractivity contribution in [3.63, 3.8) is 0 Å². The van der Waals surface area contributed by atoms with Gasteiger partial charge in [-0.05, 0) is 36.2 Å². The molecule has 3 N–H and O–H groups in total. The number of sulfonamides is 1. The zero-order valence-corrected chi connectivity index (χ0v) is 14.2. The van der Waals surface area contributed by atoms with Gasteiger partial charge in [-0.15, -0.1) is 0 Å². The predicted octanol–water partition coefficient (Wildman–Crippen LogP) is 0.643. The van der Waals surface area contributed by atoms with Gasteiger partial charge >= 0.3 is 0 Å². The summed E-state index contributed by atoms with van der Waals surface area (Å²) in [7, 11) is -2.36. The van der Waals surface area contributed by atoms with E-state index in [2.05, 4.69) is 10.3 Å². The summed E-state index contributed by atoms with van der Waals surface area (Å²) in [5, 5.41) is 2.71. The molecule has 0 aliphatic rings. The molecule has 1 amide bonds. The molecule has 2 aromatic rings. The summed E-state index contributed by atoms with van der Waals surface area (Å²) in [6.45, 7) is 0.169. The van der Waals surface area contributed by atoms with Crippen LogP contribution in [0.1, 0.15) is 5.56 Å². The lowest BCUT2D eigenvalue weighted by Crippen LogP contribution is -2.39. The molecule has 0 aliphatic carbocycles. The number of anilines is 1. The number of rotatable bonds is 7. The fraction of sp³-hybridized carbons (Fsp3) is 0.250. The Morgan fingerprint density at radius 2 is 1.96 bits per heavy atom. The SMILES string of the molecule is CN(CC(=O)NCCc1ccc(N)cc1)S(=O)(=O)c1cccnc1. The molecule has 7 nitrogen and oxygen atoms in total. The van der Waals surface area contributed by atoms with Gasteiger partial charge in [-0.3, -0.25) is 9.78 Å². The van der Waals surface area contributed by atoms with Crippen molar-refractivity contribution in [3.05, 3.63) is 54.4 Å². The number of hydrogen-bond acceptors (Lipinski definition) is 5. The third kappa shape index (κ3) is 4.77. The standard InChI is InChI=1S/C16H20N4O3S/c1-20(24(22,23)15-3-2-9-18-11-15)12-16(21)19-10-8-13-4-6-14(17)7-5-13/h2-7,9,11H,8,10,12,17H2,1H3,(H,19,21). The van der Waals surface area contributed by atoms with E-state index in [0.717, 1.165) is 9.87 Å². The number of aromatic nitrogens is 1. The van der Waals surface area contributed by atoms with E-state index in [4.69, 9.17) is 5.73 Å². The summed E-state index contributed by atoms with van der Waals surface area (Å²) >= 11 is 0. The van der Waals surface area contributed by atoms with Crippen molar-refractivity contribution < 1.29 is 13.2 Å². The van der Waals surface area contributed by atoms with Crippen LogP contribution in [0.15, 0.2) is 53.7 Å². The second-order valence-electron chi connectivity index (χ2n) is 5.29. The summed E-state index contributed by atoms with van der Waals surface area (Å²) in [5.41, 5.74) is 7.34. The average molecular weight is 348 g/mol. The minimum Gasteiger partial charge on any atom is -0.399 e. The maximum Gasteiger partial charge on any atom is 0.244 e. The van der Waals surface area contributed by atoms with Crippen molar-refractivity contribution in [2.24, 2.45) is 0 Å². The molecule has 1 aromatic heterocycles. The molecule has 0 bridgehead atoms. The van der Waals surface area contributed by atoms with Gasteiger partial charge < -0.3 is 11.1 Å². The lowest BCUT2D eigenvalue weighted by Gasteiger charge is -2.16. The number of nitrogens with one attached hydrogen (secondary N) is 1. The van der Waals surface area contributed by atoms with Gasteiger partial charge in [-0.25, -0.2) is 8.42 Å². The maximum absolute atomic E-state index is 12.3. The fourth-order valence-corrected chi connectivity index (χ4v) is 3.15. The summed E-state index contributed by atoms with van der Waals surface area (Å²) in [5.74, 6) is -0.361. The lowest BCUT2D eigenvalue weighted by molar-refractivity contribution is -0.121. The third-order valence-electron chi connectivity index (χ3n) is 3.42. The van der Waals surface area contributed by atoms with E-state index in [1.165, 1.54) is 31.6 Å². The summed E-state index contributed by atoms with van der Waals surface area (Å²) in [4.78, 5) is 15.8. The number of amides is 1. The van der Waals surface area contributed by atoms with Gasteiger partial charge in [0.25, 0.3) is 0 Å². The van der Waals surface area contributed by atoms with Crippen molar-refractivity contribution >= 4 is 21.6 Å². The van der Waals surface area contributed by atoms with Crippen molar-refractivity contribution in [1.29, 1.82) is 0 Å². The van der Waals surface area contributed by atoms with E-state index in [1.54, 1.807) is 12.1 Å². The molecule has 0 saturated carbocycles. The highest BCUT2D eigenvalue weighted by Crippen LogP contribution is 2.11. The van der Waals surface area contributed by atoms with E-state index in [1.807, 2.05) is 12.1 Å². The van der Waals surface area contributed by atoms with E-state index in [-0.39, 0.29) is 17.3 Å². The fourth-order valence-electron chi connectivity index (χ4n) is 2.05. The number of carbonyl (C=O) groups excluding carboxylic acids is 1. The molecule has 0 saturated heterocycles. The predicted molar refractivity (Wildman–Crippen MR) is 91.6 cm³/mol. The molecule has 0 aliphatic heterocycles. The topological polar surface area (TPSA) is 105 Å². The Hall–Kier alpha value is -2.45. The van der Waals surface area contributed by atoms with Gasteiger partial charge in [-0.2, -0.15) is 4.31 Å². The van der Waals surface area contributed by atoms with Crippen LogP contribution in [0, 0.1) is 0 Å². The number of benzene rings is 1. The summed E-state index contributed by atoms with van der Waals surface area (Å²) in [6.07, 6.45) is 3.39. The molecule has 0 radical (unpaired) electrons. The van der Waals surface area contributed by atoms with Crippen molar-refractivity contribution in [3.8, 4) is 0 Å². The molecule has 8 heteroatoms. The Morgan fingerprint density at radius 3 is 2.58 bits per heavy atom. The highest BCUT2D eigenvalue weighted by molar-refractivity contribution is 7.89. The van der Waals surface area contributed by atoms with Gasteiger partial charge in [0.15, 0.2) is 0 Å². The lowest BCUT2D eigenvalue weighted by atomic mass is 10.1. The van der Waals surface area contributed by atoms with Gasteiger partial charge in [0.1, 0.15) is 4.90 Å². The molecule has 0 unspecified atom stereocenters. The average Bonchev–Trinajstić information content (AvgIpc) is 2.57. The molecule has 1 aromatic carbocycles. The molecule has 1 heterocycles. The highest BCUT2D eigenvalue weighted by atomic mass is 32.2. The first-order valence-corrected chi connectivity index (χ1v) is 8.81. The number of likely N-dealkylation sites (N-methyl/N-ethyl adjacent to an activating group) is 1. The number of nitrogen functional groups attached to an aromatic ring is 1. The van der Waals surface area contributed by atoms with Gasteiger partial charge in [0, 0.05) is 31.7 Å². The third-order valence-corrected chi connectivity index (χ3v) is 5.21. The van der Waals surface area contributed by atoms with Crippen molar-refractivity contribution in [2.45, 2.75) is 11.3 Å². The first kappa shape index (κ1) is 17.9. The molecular formula is C16H20N4O3S. The molecular weight excluding hydrogens is 328 g/mol. The quantitative estimate of drug-likeness (QED) is 0.715. The van der Waals surface area contributed by atoms with Crippen LogP contribution >= 0.6 is 0 Å². The van der Waals surface area contributed by atoms with Crippen LogP contribution in [-0.2, 0) is 21.2 Å². The molecule has 128 valence electrons. The van der Waals surface area contributed by atoms with Crippen LogP contribution in [0.3, 0.4) is 0 Å². The van der Waals surface area contributed by atoms with E-state index in [9.17, 15) is 13.2 Å². The smallest absolute Gasteiger partial charge is 0.244 e. The van der Waals surface area contributed by atoms with Gasteiger partial charge in [0.2, 0.25) is 15.9 Å². The van der Waals surface area contributed by atoms with E-state index in [0.29, 0.717) is 18.7 Å². The maximum atomic E-state index is 12.3. The Morgan fingerprint density at radius 1 is 1.25 bits per heavy atom. The Labute approximate surface area is 141 Å². The van der Waals surface area contributed by atoms with Crippen LogP contribution < -0.4 is 11.1 Å². The van der Waals surface area contributed by atoms with Crippen LogP contribution in [0.4, 0.5) is 5.69 Å². The van der Waals surface area contributed by atoms with Crippen molar-refractivity contribution in [1.82, 2.24) is 14.6 Å². The zero-order valence-electron chi connectivity index (χ0n) is 13.3.